The van der Waals surface area contributed by atoms with Crippen LogP contribution in [0.4, 0.5) is 17.1 Å². The van der Waals surface area contributed by atoms with E-state index in [-0.39, 0.29) is 45.7 Å². The van der Waals surface area contributed by atoms with Gasteiger partial charge < -0.3 is 31.5 Å². The number of azo groups is 2. The van der Waals surface area contributed by atoms with E-state index in [0.29, 0.717) is 61.0 Å². The number of allylic oxidation sites excluding steroid dienone is 2. The maximum Gasteiger partial charge on any atom is 0.266 e. The topological polar surface area (TPSA) is 256 Å². The molecule has 4 amide bonds. The molecular weight excluding hydrogens is 1010 g/mol. The zero-order valence-electron chi connectivity index (χ0n) is 49.7. The van der Waals surface area contributed by atoms with Gasteiger partial charge in [-0.3, -0.25) is 33.3 Å². The zero-order valence-corrected chi connectivity index (χ0v) is 49.7. The Morgan fingerprint density at radius 1 is 0.600 bits per heavy atom. The van der Waals surface area contributed by atoms with Crippen molar-refractivity contribution in [3.63, 3.8) is 0 Å². The highest BCUT2D eigenvalue weighted by Crippen LogP contribution is 2.37. The maximum absolute atomic E-state index is 14.4. The molecule has 0 saturated carbocycles. The zero-order chi connectivity index (χ0) is 59.1. The number of primary amides is 2. The number of amides is 4. The van der Waals surface area contributed by atoms with Crippen LogP contribution in [0.1, 0.15) is 208 Å². The van der Waals surface area contributed by atoms with E-state index in [1.165, 1.54) is 13.8 Å². The lowest BCUT2D eigenvalue weighted by Gasteiger charge is -2.31. The van der Waals surface area contributed by atoms with Gasteiger partial charge >= 0.3 is 0 Å². The van der Waals surface area contributed by atoms with Crippen LogP contribution in [0.3, 0.4) is 0 Å². The Morgan fingerprint density at radius 2 is 1.01 bits per heavy atom. The highest BCUT2D eigenvalue weighted by Gasteiger charge is 2.38. The van der Waals surface area contributed by atoms with Crippen LogP contribution in [-0.2, 0) is 16.1 Å². The Kier molecular flexibility index (Phi) is 27.2. The number of aromatic nitrogens is 1. The summed E-state index contributed by atoms with van der Waals surface area (Å²) in [5, 5.41) is 41.0. The second-order valence-electron chi connectivity index (χ2n) is 21.9. The fraction of sp³-hybridized carbons (Fsp3) is 0.587. The number of nitrogens with two attached hydrogens (primary N) is 2. The summed E-state index contributed by atoms with van der Waals surface area (Å²) in [7, 11) is 0. The van der Waals surface area contributed by atoms with Gasteiger partial charge in [0.2, 0.25) is 5.88 Å². The average Bonchev–Trinajstić information content (AvgIpc) is 3.46. The fourth-order valence-electron chi connectivity index (χ4n) is 10.7. The van der Waals surface area contributed by atoms with Gasteiger partial charge in [0.25, 0.3) is 29.2 Å². The quantitative estimate of drug-likeness (QED) is 0.0324. The van der Waals surface area contributed by atoms with E-state index in [0.717, 1.165) is 107 Å². The van der Waals surface area contributed by atoms with Crippen molar-refractivity contribution >= 4 is 46.5 Å². The van der Waals surface area contributed by atoms with E-state index in [2.05, 4.69) is 75.8 Å². The molecule has 3 aromatic rings. The van der Waals surface area contributed by atoms with Gasteiger partial charge in [0, 0.05) is 49.4 Å². The third kappa shape index (κ3) is 17.9. The van der Waals surface area contributed by atoms with Gasteiger partial charge in [-0.2, -0.15) is 10.2 Å². The molecule has 0 spiro atoms. The summed E-state index contributed by atoms with van der Waals surface area (Å²) in [6.07, 6.45) is 16.1. The Bertz CT molecular complexity index is 2740. The smallest absolute Gasteiger partial charge is 0.266 e. The number of carbonyl (C=O) groups excluding carboxylic acids is 5. The molecule has 17 nitrogen and oxygen atoms in total. The number of unbranched alkanes of at least 4 members (excludes halogenated alkanes) is 4. The Hall–Kier alpha value is -6.78. The third-order valence-corrected chi connectivity index (χ3v) is 16.0. The van der Waals surface area contributed by atoms with Crippen LogP contribution < -0.4 is 17.0 Å². The number of aliphatic hydroxyl groups excluding tert-OH is 1. The van der Waals surface area contributed by atoms with Gasteiger partial charge in [-0.25, -0.2) is 0 Å². The first-order valence-corrected chi connectivity index (χ1v) is 29.7. The molecule has 1 heterocycles. The molecule has 1 aromatic heterocycles. The minimum atomic E-state index is -1.51. The Labute approximate surface area is 475 Å². The molecule has 5 unspecified atom stereocenters. The molecule has 438 valence electrons. The number of aliphatic hydroxyl groups is 1. The predicted octanol–water partition coefficient (Wildman–Crippen LogP) is 14.1. The molecule has 0 fully saturated rings. The number of benzene rings is 2. The van der Waals surface area contributed by atoms with Crippen LogP contribution in [-0.4, -0.2) is 80.2 Å². The summed E-state index contributed by atoms with van der Waals surface area (Å²) in [5.74, 6) is -4.69. The molecule has 0 bridgehead atoms. The molecule has 17 heteroatoms. The largest absolute Gasteiger partial charge is 0.509 e. The number of aromatic hydroxyl groups is 1. The van der Waals surface area contributed by atoms with Gasteiger partial charge in [0.05, 0.1) is 22.9 Å². The Balaban J connectivity index is 1.71. The summed E-state index contributed by atoms with van der Waals surface area (Å²) >= 11 is 0. The van der Waals surface area contributed by atoms with Gasteiger partial charge in [-0.1, -0.05) is 145 Å². The molecule has 1 aliphatic rings. The first kappa shape index (κ1) is 65.7. The molecule has 0 saturated heterocycles. The second kappa shape index (κ2) is 33.1. The molecule has 6 N–H and O–H groups in total. The minimum Gasteiger partial charge on any atom is -0.509 e. The van der Waals surface area contributed by atoms with Crippen molar-refractivity contribution < 1.29 is 34.2 Å². The highest BCUT2D eigenvalue weighted by molar-refractivity contribution is 6.22. The predicted molar refractivity (Wildman–Crippen MR) is 317 cm³/mol. The number of Topliss-reactive ketones (excluding diaryl/α,β-unsaturated/α-hetero) is 1. The van der Waals surface area contributed by atoms with Gasteiger partial charge in [0.15, 0.2) is 5.78 Å². The lowest BCUT2D eigenvalue weighted by atomic mass is 9.83. The first-order valence-electron chi connectivity index (χ1n) is 29.7. The van der Waals surface area contributed by atoms with Crippen molar-refractivity contribution in [1.82, 2.24) is 14.4 Å². The molecule has 1 aliphatic carbocycles. The fourth-order valence-corrected chi connectivity index (χ4v) is 10.7. The molecule has 0 radical (unpaired) electrons. The SMILES string of the molecule is CCCCC(CC)CN(CC(CC)CCCC)C(=O)c1cccc(/N=N/C2=C(O)C(CCn3c(O)c(/N=N/c4cccc(C(=O)N(CC(CC)CCCC)CC(CC)CCCC)c4)c(C)c(C(N)=O)c3=O)C(=O)C(C(N)=O)=C2C)c1. The van der Waals surface area contributed by atoms with Gasteiger partial charge in [-0.15, -0.1) is 10.2 Å². The van der Waals surface area contributed by atoms with Crippen molar-refractivity contribution in [2.24, 2.45) is 61.5 Å². The molecule has 5 atom stereocenters. The molecule has 0 aliphatic heterocycles. The number of ketones is 1. The van der Waals surface area contributed by atoms with Crippen LogP contribution in [0, 0.1) is 36.5 Å². The number of hydrogen-bond acceptors (Lipinski definition) is 12. The second-order valence-corrected chi connectivity index (χ2v) is 21.9. The van der Waals surface area contributed by atoms with Crippen molar-refractivity contribution in [3.05, 3.63) is 104 Å². The standard InChI is InChI=1S/C63H93N9O8/c1-11-19-25-43(15-5)37-70(38-44(16-6)26-20-12-2)60(77)47-29-23-31-49(35-47)66-68-54-41(9)52(58(64)75)56(73)51(57(54)74)33-34-72-62(79)53(59(65)76)42(10)55(63(72)80)69-67-50-32-24-30-48(36-50)61(78)71(39-45(17-7)27-21-13-3)40-46(18-8)28-22-14-4/h23-24,29-32,35-36,43-46,51,74,80H,11-22,25-28,33-34,37-40H2,1-10H3,(H2,64,75)(H2,65,76)/b68-66+,69-67+. The lowest BCUT2D eigenvalue weighted by molar-refractivity contribution is -0.123. The lowest BCUT2D eigenvalue weighted by Crippen LogP contribution is -2.39. The number of hydrogen-bond donors (Lipinski definition) is 4. The van der Waals surface area contributed by atoms with E-state index in [1.807, 2.05) is 9.80 Å². The summed E-state index contributed by atoms with van der Waals surface area (Å²) in [4.78, 5) is 86.5. The van der Waals surface area contributed by atoms with E-state index >= 15 is 0 Å². The molecule has 4 rings (SSSR count). The maximum atomic E-state index is 14.4. The summed E-state index contributed by atoms with van der Waals surface area (Å²) in [6.45, 7) is 22.2. The minimum absolute atomic E-state index is 0.0319. The van der Waals surface area contributed by atoms with Gasteiger partial charge in [-0.05, 0) is 112 Å². The van der Waals surface area contributed by atoms with E-state index in [4.69, 9.17) is 11.5 Å². The average molecular weight is 1100 g/mol. The molecule has 2 aromatic carbocycles. The van der Waals surface area contributed by atoms with Crippen LogP contribution in [0.2, 0.25) is 0 Å². The van der Waals surface area contributed by atoms with Crippen LogP contribution in [0.25, 0.3) is 0 Å². The molecule has 80 heavy (non-hydrogen) atoms. The highest BCUT2D eigenvalue weighted by atomic mass is 16.3. The van der Waals surface area contributed by atoms with E-state index < -0.39 is 64.8 Å². The van der Waals surface area contributed by atoms with Gasteiger partial charge in [0.1, 0.15) is 22.7 Å². The summed E-state index contributed by atoms with van der Waals surface area (Å²) in [5.41, 5.74) is 10.4. The number of carbonyl (C=O) groups is 5. The van der Waals surface area contributed by atoms with E-state index in [9.17, 15) is 39.0 Å². The van der Waals surface area contributed by atoms with Crippen molar-refractivity contribution in [2.75, 3.05) is 26.2 Å². The summed E-state index contributed by atoms with van der Waals surface area (Å²) < 4.78 is 0.798. The number of nitrogens with zero attached hydrogens (tertiary/aromatic N) is 7. The third-order valence-electron chi connectivity index (χ3n) is 16.0. The van der Waals surface area contributed by atoms with E-state index in [1.54, 1.807) is 48.5 Å². The van der Waals surface area contributed by atoms with Crippen molar-refractivity contribution in [3.8, 4) is 5.88 Å². The van der Waals surface area contributed by atoms with Crippen LogP contribution in [0.15, 0.2) is 96.4 Å². The van der Waals surface area contributed by atoms with Crippen LogP contribution >= 0.6 is 0 Å². The van der Waals surface area contributed by atoms with Crippen molar-refractivity contribution in [2.45, 2.75) is 185 Å². The number of pyridine rings is 1. The first-order chi connectivity index (χ1) is 38.3. The number of rotatable bonds is 35. The Morgan fingerprint density at radius 3 is 1.39 bits per heavy atom. The normalized spacial score (nSPS) is 15.4. The molecular formula is C63H93N9O8. The summed E-state index contributed by atoms with van der Waals surface area (Å²) in [6, 6.07) is 13.4. The van der Waals surface area contributed by atoms with Crippen LogP contribution in [0.5, 0.6) is 5.88 Å². The monoisotopic (exact) mass is 1100 g/mol. The van der Waals surface area contributed by atoms with Crippen molar-refractivity contribution in [1.29, 1.82) is 0 Å².